The van der Waals surface area contributed by atoms with Crippen LogP contribution in [0.5, 0.6) is 11.5 Å². The van der Waals surface area contributed by atoms with Gasteiger partial charge in [-0.25, -0.2) is 0 Å². The first-order valence-electron chi connectivity index (χ1n) is 13.8. The average molecular weight is 527 g/mol. The number of ether oxygens (including phenoxy) is 2. The van der Waals surface area contributed by atoms with Gasteiger partial charge in [-0.3, -0.25) is 9.59 Å². The molecule has 1 fully saturated rings. The molecule has 2 aromatic carbocycles. The summed E-state index contributed by atoms with van der Waals surface area (Å²) in [6.07, 6.45) is 8.53. The third kappa shape index (κ3) is 7.41. The van der Waals surface area contributed by atoms with Crippen LogP contribution in [0.1, 0.15) is 75.1 Å². The van der Waals surface area contributed by atoms with Crippen molar-refractivity contribution < 1.29 is 19.1 Å². The number of benzene rings is 2. The molecule has 4 rings (SSSR count). The summed E-state index contributed by atoms with van der Waals surface area (Å²) in [5.74, 6) is 1.25. The van der Waals surface area contributed by atoms with Crippen molar-refractivity contribution in [2.75, 3.05) is 26.2 Å². The molecule has 2 aliphatic rings. The number of carbonyl (C=O) groups excluding carboxylic acids is 2. The van der Waals surface area contributed by atoms with Crippen molar-refractivity contribution in [3.05, 3.63) is 59.1 Å². The minimum Gasteiger partial charge on any atom is -0.487 e. The Hall–Kier alpha value is -2.73. The number of hydrogen-bond donors (Lipinski definition) is 0. The molecule has 0 unspecified atom stereocenters. The first-order chi connectivity index (χ1) is 18.1. The summed E-state index contributed by atoms with van der Waals surface area (Å²) < 4.78 is 12.4. The van der Waals surface area contributed by atoms with Crippen LogP contribution in [0, 0.1) is 0 Å². The Labute approximate surface area is 225 Å². The van der Waals surface area contributed by atoms with Crippen molar-refractivity contribution in [2.24, 2.45) is 0 Å². The van der Waals surface area contributed by atoms with Crippen LogP contribution < -0.4 is 9.47 Å². The van der Waals surface area contributed by atoms with Gasteiger partial charge in [0.15, 0.2) is 6.61 Å². The minimum atomic E-state index is -0.162. The van der Waals surface area contributed by atoms with Gasteiger partial charge in [-0.1, -0.05) is 49.9 Å². The molecular weight excluding hydrogens is 488 g/mol. The van der Waals surface area contributed by atoms with Crippen molar-refractivity contribution in [1.82, 2.24) is 9.80 Å². The molecule has 1 heterocycles. The van der Waals surface area contributed by atoms with E-state index in [2.05, 4.69) is 6.92 Å². The molecule has 200 valence electrons. The van der Waals surface area contributed by atoms with E-state index in [0.717, 1.165) is 70.9 Å². The highest BCUT2D eigenvalue weighted by atomic mass is 35.5. The Balaban J connectivity index is 1.57. The normalized spacial score (nSPS) is 21.3. The fraction of sp³-hybridized carbons (Fsp3) is 0.533. The maximum Gasteiger partial charge on any atom is 0.260 e. The number of fused-ring (bicyclic) bond motifs is 2. The van der Waals surface area contributed by atoms with Gasteiger partial charge >= 0.3 is 0 Å². The molecule has 6 nitrogen and oxygen atoms in total. The molecule has 1 saturated carbocycles. The molecule has 0 aromatic heterocycles. The highest BCUT2D eigenvalue weighted by Gasteiger charge is 2.35. The van der Waals surface area contributed by atoms with Crippen LogP contribution in [-0.4, -0.2) is 60.0 Å². The van der Waals surface area contributed by atoms with Crippen molar-refractivity contribution in [1.29, 1.82) is 0 Å². The first kappa shape index (κ1) is 27.3. The highest BCUT2D eigenvalue weighted by molar-refractivity contribution is 6.30. The predicted octanol–water partition coefficient (Wildman–Crippen LogP) is 6.36. The maximum absolute atomic E-state index is 13.5. The van der Waals surface area contributed by atoms with Gasteiger partial charge in [0.25, 0.3) is 11.8 Å². The molecule has 37 heavy (non-hydrogen) atoms. The molecule has 1 aliphatic carbocycles. The monoisotopic (exact) mass is 526 g/mol. The molecule has 7 heteroatoms. The van der Waals surface area contributed by atoms with Gasteiger partial charge in [0, 0.05) is 24.7 Å². The lowest BCUT2D eigenvalue weighted by Gasteiger charge is -2.40. The number of amides is 2. The summed E-state index contributed by atoms with van der Waals surface area (Å²) >= 11 is 5.98. The average Bonchev–Trinajstić information content (AvgIpc) is 2.91. The maximum atomic E-state index is 13.5. The smallest absolute Gasteiger partial charge is 0.260 e. The molecule has 0 N–H and O–H groups in total. The van der Waals surface area contributed by atoms with E-state index < -0.39 is 0 Å². The largest absolute Gasteiger partial charge is 0.487 e. The van der Waals surface area contributed by atoms with Gasteiger partial charge in [0.05, 0.1) is 11.6 Å². The van der Waals surface area contributed by atoms with Gasteiger partial charge < -0.3 is 19.3 Å². The van der Waals surface area contributed by atoms with E-state index in [0.29, 0.717) is 28.6 Å². The Bertz CT molecular complexity index is 1030. The molecule has 0 spiro atoms. The molecule has 2 atom stereocenters. The van der Waals surface area contributed by atoms with Crippen LogP contribution in [0.25, 0.3) is 0 Å². The zero-order valence-electron chi connectivity index (χ0n) is 21.9. The summed E-state index contributed by atoms with van der Waals surface area (Å²) in [6, 6.07) is 14.6. The van der Waals surface area contributed by atoms with Crippen molar-refractivity contribution in [2.45, 2.75) is 76.9 Å². The summed E-state index contributed by atoms with van der Waals surface area (Å²) in [6.45, 7) is 4.26. The zero-order chi connectivity index (χ0) is 26.0. The van der Waals surface area contributed by atoms with E-state index in [1.807, 2.05) is 34.1 Å². The molecule has 1 aliphatic heterocycles. The van der Waals surface area contributed by atoms with Crippen molar-refractivity contribution in [3.63, 3.8) is 0 Å². The Morgan fingerprint density at radius 2 is 1.70 bits per heavy atom. The van der Waals surface area contributed by atoms with Gasteiger partial charge in [-0.2, -0.15) is 0 Å². The number of hydrogen-bond acceptors (Lipinski definition) is 4. The fourth-order valence-electron chi connectivity index (χ4n) is 5.41. The van der Waals surface area contributed by atoms with E-state index >= 15 is 0 Å². The lowest BCUT2D eigenvalue weighted by Crippen LogP contribution is -2.52. The molecule has 0 radical (unpaired) electrons. The van der Waals surface area contributed by atoms with E-state index in [1.165, 1.54) is 0 Å². The lowest BCUT2D eigenvalue weighted by molar-refractivity contribution is -0.139. The van der Waals surface area contributed by atoms with Crippen LogP contribution in [0.2, 0.25) is 5.02 Å². The number of carbonyl (C=O) groups is 2. The standard InChI is InChI=1S/C30H39ClN2O4/c1-2-19-32-20-9-3-4-10-21-33(29(34)22-36-24-17-15-23(31)16-18-24)26-12-6-8-14-28(26)37-27-13-7-5-11-25(27)30(32)35/h5,7,11,13,15-18,26,28H,2-4,6,8-10,12,14,19-22H2,1H3/t26-,28+/m1/s1. The van der Waals surface area contributed by atoms with Gasteiger partial charge in [0.2, 0.25) is 0 Å². The summed E-state index contributed by atoms with van der Waals surface area (Å²) in [4.78, 5) is 31.0. The van der Waals surface area contributed by atoms with Crippen LogP contribution in [0.15, 0.2) is 48.5 Å². The first-order valence-corrected chi connectivity index (χ1v) is 14.2. The van der Waals surface area contributed by atoms with Gasteiger partial charge in [-0.05, 0) is 74.9 Å². The van der Waals surface area contributed by atoms with E-state index in [4.69, 9.17) is 21.1 Å². The van der Waals surface area contributed by atoms with E-state index in [1.54, 1.807) is 24.3 Å². The lowest BCUT2D eigenvalue weighted by atomic mass is 9.90. The Morgan fingerprint density at radius 1 is 0.973 bits per heavy atom. The number of halogens is 1. The summed E-state index contributed by atoms with van der Waals surface area (Å²) in [5, 5.41) is 0.632. The van der Waals surface area contributed by atoms with Crippen LogP contribution >= 0.6 is 11.6 Å². The second-order valence-corrected chi connectivity index (χ2v) is 10.5. The third-order valence-corrected chi connectivity index (χ3v) is 7.57. The van der Waals surface area contributed by atoms with E-state index in [9.17, 15) is 9.59 Å². The minimum absolute atomic E-state index is 0.0219. The predicted molar refractivity (Wildman–Crippen MR) is 146 cm³/mol. The fourth-order valence-corrected chi connectivity index (χ4v) is 5.53. The Kier molecular flexibility index (Phi) is 10.1. The molecule has 2 aromatic rings. The van der Waals surface area contributed by atoms with E-state index in [-0.39, 0.29) is 30.6 Å². The summed E-state index contributed by atoms with van der Waals surface area (Å²) in [5.41, 5.74) is 0.612. The van der Waals surface area contributed by atoms with Gasteiger partial charge in [-0.15, -0.1) is 0 Å². The second-order valence-electron chi connectivity index (χ2n) is 10.0. The Morgan fingerprint density at radius 3 is 2.49 bits per heavy atom. The third-order valence-electron chi connectivity index (χ3n) is 7.32. The summed E-state index contributed by atoms with van der Waals surface area (Å²) in [7, 11) is 0. The van der Waals surface area contributed by atoms with Crippen LogP contribution in [-0.2, 0) is 4.79 Å². The van der Waals surface area contributed by atoms with Crippen molar-refractivity contribution in [3.8, 4) is 11.5 Å². The molecule has 0 bridgehead atoms. The topological polar surface area (TPSA) is 59.1 Å². The van der Waals surface area contributed by atoms with Crippen LogP contribution in [0.3, 0.4) is 0 Å². The highest BCUT2D eigenvalue weighted by Crippen LogP contribution is 2.31. The van der Waals surface area contributed by atoms with Crippen molar-refractivity contribution >= 4 is 23.4 Å². The number of rotatable bonds is 5. The van der Waals surface area contributed by atoms with Crippen LogP contribution in [0.4, 0.5) is 0 Å². The number of para-hydroxylation sites is 1. The SMILES string of the molecule is CCCN1CCCCCCN(C(=O)COc2ccc(Cl)cc2)[C@@H]2CCCC[C@@H]2Oc2ccccc2C1=O. The number of nitrogens with zero attached hydrogens (tertiary/aromatic N) is 2. The van der Waals surface area contributed by atoms with Gasteiger partial charge in [0.1, 0.15) is 17.6 Å². The molecule has 0 saturated heterocycles. The molecule has 2 amide bonds. The quantitative estimate of drug-likeness (QED) is 0.454. The second kappa shape index (κ2) is 13.7. The molecular formula is C30H39ClN2O4. The zero-order valence-corrected chi connectivity index (χ0v) is 22.6.